The van der Waals surface area contributed by atoms with Crippen molar-refractivity contribution in [1.82, 2.24) is 0 Å². The molecule has 3 atom stereocenters. The predicted octanol–water partition coefficient (Wildman–Crippen LogP) is 6.52. The van der Waals surface area contributed by atoms with Gasteiger partial charge in [-0.1, -0.05) is 13.3 Å². The average Bonchev–Trinajstić information content (AvgIpc) is 2.59. The number of fused-ring (bicyclic) bond motifs is 3. The van der Waals surface area contributed by atoms with Gasteiger partial charge in [0.15, 0.2) is 17.5 Å². The molecule has 0 amide bonds. The second-order valence-corrected chi connectivity index (χ2v) is 7.69. The molecule has 2 aliphatic carbocycles. The molecule has 4 rings (SSSR count). The van der Waals surface area contributed by atoms with E-state index < -0.39 is 34.6 Å². The van der Waals surface area contributed by atoms with Crippen molar-refractivity contribution in [2.24, 2.45) is 11.8 Å². The first kappa shape index (κ1) is 17.5. The highest BCUT2D eigenvalue weighted by Crippen LogP contribution is 2.48. The van der Waals surface area contributed by atoms with E-state index in [1.165, 1.54) is 6.07 Å². The summed E-state index contributed by atoms with van der Waals surface area (Å²) < 4.78 is 70.1. The van der Waals surface area contributed by atoms with Gasteiger partial charge in [0, 0.05) is 0 Å². The van der Waals surface area contributed by atoms with Crippen molar-refractivity contribution in [2.45, 2.75) is 44.9 Å². The van der Waals surface area contributed by atoms with E-state index in [1.54, 1.807) is 0 Å². The van der Waals surface area contributed by atoms with Crippen LogP contribution in [0.15, 0.2) is 18.2 Å². The van der Waals surface area contributed by atoms with Crippen molar-refractivity contribution >= 4 is 0 Å². The Morgan fingerprint density at radius 1 is 0.808 bits per heavy atom. The van der Waals surface area contributed by atoms with Gasteiger partial charge >= 0.3 is 0 Å². The van der Waals surface area contributed by atoms with E-state index in [0.717, 1.165) is 25.7 Å². The van der Waals surface area contributed by atoms with E-state index in [0.29, 0.717) is 41.5 Å². The molecular weight excluding hydrogens is 347 g/mol. The normalized spacial score (nSPS) is 24.9. The minimum Gasteiger partial charge on any atom is -0.206 e. The molecule has 138 valence electrons. The van der Waals surface area contributed by atoms with Crippen LogP contribution in [0.4, 0.5) is 22.0 Å². The highest BCUT2D eigenvalue weighted by Gasteiger charge is 2.36. The molecular formula is C21H19F5. The van der Waals surface area contributed by atoms with Gasteiger partial charge in [-0.05, 0) is 78.3 Å². The molecule has 26 heavy (non-hydrogen) atoms. The molecule has 0 aliphatic heterocycles. The first-order chi connectivity index (χ1) is 12.4. The maximum atomic E-state index is 15.1. The van der Waals surface area contributed by atoms with Crippen LogP contribution in [-0.2, 0) is 6.42 Å². The summed E-state index contributed by atoms with van der Waals surface area (Å²) in [6.45, 7) is 2.20. The lowest BCUT2D eigenvalue weighted by atomic mass is 9.65. The standard InChI is InChI=1S/C21H19F5/c1-10-2-4-13-11(6-10)3-5-14-15(13)9-16(22)19(20(14)25)12-7-17(23)21(26)18(24)8-12/h7-11,13H,2-6H2,1H3. The van der Waals surface area contributed by atoms with E-state index in [9.17, 15) is 17.6 Å². The molecule has 0 N–H and O–H groups in total. The van der Waals surface area contributed by atoms with Crippen LogP contribution in [0.3, 0.4) is 0 Å². The summed E-state index contributed by atoms with van der Waals surface area (Å²) >= 11 is 0. The third-order valence-corrected chi connectivity index (χ3v) is 6.04. The Balaban J connectivity index is 1.83. The van der Waals surface area contributed by atoms with Crippen molar-refractivity contribution in [2.75, 3.05) is 0 Å². The average molecular weight is 366 g/mol. The fourth-order valence-electron chi connectivity index (χ4n) is 4.78. The van der Waals surface area contributed by atoms with E-state index in [4.69, 9.17) is 0 Å². The number of rotatable bonds is 1. The lowest BCUT2D eigenvalue weighted by Crippen LogP contribution is -2.28. The van der Waals surface area contributed by atoms with Crippen molar-refractivity contribution in [1.29, 1.82) is 0 Å². The van der Waals surface area contributed by atoms with Gasteiger partial charge in [0.2, 0.25) is 0 Å². The van der Waals surface area contributed by atoms with E-state index in [1.807, 2.05) is 0 Å². The minimum atomic E-state index is -1.65. The van der Waals surface area contributed by atoms with Gasteiger partial charge in [-0.3, -0.25) is 0 Å². The molecule has 0 spiro atoms. The van der Waals surface area contributed by atoms with Gasteiger partial charge in [-0.25, -0.2) is 22.0 Å². The molecule has 2 aromatic carbocycles. The van der Waals surface area contributed by atoms with Crippen molar-refractivity contribution < 1.29 is 22.0 Å². The molecule has 1 fully saturated rings. The molecule has 0 radical (unpaired) electrons. The second-order valence-electron chi connectivity index (χ2n) is 7.69. The number of benzene rings is 2. The molecule has 2 aliphatic rings. The Hall–Kier alpha value is -1.91. The lowest BCUT2D eigenvalue weighted by Gasteiger charge is -2.40. The summed E-state index contributed by atoms with van der Waals surface area (Å²) in [5, 5.41) is 0. The van der Waals surface area contributed by atoms with Crippen LogP contribution in [0.1, 0.15) is 49.7 Å². The Morgan fingerprint density at radius 2 is 1.50 bits per heavy atom. The van der Waals surface area contributed by atoms with Crippen LogP contribution < -0.4 is 0 Å². The quantitative estimate of drug-likeness (QED) is 0.398. The van der Waals surface area contributed by atoms with Crippen LogP contribution in [-0.4, -0.2) is 0 Å². The zero-order valence-corrected chi connectivity index (χ0v) is 14.4. The van der Waals surface area contributed by atoms with Gasteiger partial charge in [0.05, 0.1) is 5.56 Å². The summed E-state index contributed by atoms with van der Waals surface area (Å²) in [6, 6.07) is 2.60. The molecule has 3 unspecified atom stereocenters. The smallest absolute Gasteiger partial charge is 0.194 e. The minimum absolute atomic E-state index is 0.134. The van der Waals surface area contributed by atoms with Crippen molar-refractivity contribution in [3.63, 3.8) is 0 Å². The van der Waals surface area contributed by atoms with Gasteiger partial charge in [-0.2, -0.15) is 0 Å². The van der Waals surface area contributed by atoms with Gasteiger partial charge < -0.3 is 0 Å². The third-order valence-electron chi connectivity index (χ3n) is 6.04. The highest BCUT2D eigenvalue weighted by molar-refractivity contribution is 5.67. The first-order valence-electron chi connectivity index (χ1n) is 9.02. The molecule has 0 nitrogen and oxygen atoms in total. The summed E-state index contributed by atoms with van der Waals surface area (Å²) in [5.41, 5.74) is 0.320. The fraction of sp³-hybridized carbons (Fsp3) is 0.429. The zero-order valence-electron chi connectivity index (χ0n) is 14.4. The fourth-order valence-corrected chi connectivity index (χ4v) is 4.78. The molecule has 1 saturated carbocycles. The number of hydrogen-bond acceptors (Lipinski definition) is 0. The van der Waals surface area contributed by atoms with Crippen LogP contribution in [0, 0.1) is 40.9 Å². The second kappa shape index (κ2) is 6.36. The largest absolute Gasteiger partial charge is 0.206 e. The van der Waals surface area contributed by atoms with Crippen LogP contribution in [0.25, 0.3) is 11.1 Å². The van der Waals surface area contributed by atoms with Crippen molar-refractivity contribution in [3.05, 3.63) is 58.4 Å². The van der Waals surface area contributed by atoms with E-state index in [2.05, 4.69) is 6.92 Å². The summed E-state index contributed by atoms with van der Waals surface area (Å²) in [7, 11) is 0. The number of halogens is 5. The van der Waals surface area contributed by atoms with Crippen LogP contribution >= 0.6 is 0 Å². The third kappa shape index (κ3) is 2.72. The molecule has 0 bridgehead atoms. The maximum absolute atomic E-state index is 15.1. The molecule has 0 heterocycles. The predicted molar refractivity (Wildman–Crippen MR) is 89.2 cm³/mol. The van der Waals surface area contributed by atoms with Crippen LogP contribution in [0.5, 0.6) is 0 Å². The Labute approximate surface area is 149 Å². The Kier molecular flexibility index (Phi) is 4.28. The first-order valence-corrected chi connectivity index (χ1v) is 9.02. The Bertz CT molecular complexity index is 850. The molecule has 5 heteroatoms. The SMILES string of the molecule is CC1CCC2c3cc(F)c(-c4cc(F)c(F)c(F)c4)c(F)c3CCC2C1. The Morgan fingerprint density at radius 3 is 2.19 bits per heavy atom. The monoisotopic (exact) mass is 366 g/mol. The van der Waals surface area contributed by atoms with E-state index in [-0.39, 0.29) is 11.5 Å². The molecule has 0 saturated heterocycles. The topological polar surface area (TPSA) is 0 Å². The maximum Gasteiger partial charge on any atom is 0.194 e. The summed E-state index contributed by atoms with van der Waals surface area (Å²) in [4.78, 5) is 0. The zero-order chi connectivity index (χ0) is 18.6. The lowest BCUT2D eigenvalue weighted by molar-refractivity contribution is 0.219. The van der Waals surface area contributed by atoms with Gasteiger partial charge in [-0.15, -0.1) is 0 Å². The van der Waals surface area contributed by atoms with Gasteiger partial charge in [0.25, 0.3) is 0 Å². The number of hydrogen-bond donors (Lipinski definition) is 0. The summed E-state index contributed by atoms with van der Waals surface area (Å²) in [6.07, 6.45) is 4.30. The van der Waals surface area contributed by atoms with Gasteiger partial charge in [0.1, 0.15) is 11.6 Å². The van der Waals surface area contributed by atoms with Crippen molar-refractivity contribution in [3.8, 4) is 11.1 Å². The highest BCUT2D eigenvalue weighted by atomic mass is 19.2. The van der Waals surface area contributed by atoms with Crippen LogP contribution in [0.2, 0.25) is 0 Å². The summed E-state index contributed by atoms with van der Waals surface area (Å²) in [5.74, 6) is -5.01. The van der Waals surface area contributed by atoms with E-state index >= 15 is 4.39 Å². The molecule has 0 aromatic heterocycles. The molecule has 2 aromatic rings.